The van der Waals surface area contributed by atoms with Crippen LogP contribution in [0.3, 0.4) is 0 Å². The van der Waals surface area contributed by atoms with Gasteiger partial charge in [-0.15, -0.1) is 0 Å². The van der Waals surface area contributed by atoms with Gasteiger partial charge in [-0.1, -0.05) is 18.7 Å². The zero-order valence-electron chi connectivity index (χ0n) is 13.1. The van der Waals surface area contributed by atoms with Crippen molar-refractivity contribution in [1.82, 2.24) is 10.2 Å². The zero-order valence-corrected chi connectivity index (χ0v) is 13.1. The van der Waals surface area contributed by atoms with Crippen molar-refractivity contribution in [3.63, 3.8) is 0 Å². The number of amides is 2. The first kappa shape index (κ1) is 17.7. The minimum Gasteiger partial charge on any atom is -0.445 e. The first-order chi connectivity index (χ1) is 10.4. The number of ketones is 1. The van der Waals surface area contributed by atoms with Crippen molar-refractivity contribution < 1.29 is 23.9 Å². The van der Waals surface area contributed by atoms with Crippen LogP contribution in [0.5, 0.6) is 0 Å². The lowest BCUT2D eigenvalue weighted by Gasteiger charge is -2.21. The highest BCUT2D eigenvalue weighted by molar-refractivity contribution is 5.92. The van der Waals surface area contributed by atoms with E-state index in [1.54, 1.807) is 13.0 Å². The molecule has 2 atom stereocenters. The van der Waals surface area contributed by atoms with E-state index in [1.807, 2.05) is 0 Å². The highest BCUT2D eigenvalue weighted by atomic mass is 16.6. The van der Waals surface area contributed by atoms with Gasteiger partial charge in [0.1, 0.15) is 12.7 Å². The Morgan fingerprint density at radius 2 is 2.05 bits per heavy atom. The lowest BCUT2D eigenvalue weighted by molar-refractivity contribution is -0.113. The Morgan fingerprint density at radius 1 is 1.36 bits per heavy atom. The molecular weight excluding hydrogens is 288 g/mol. The van der Waals surface area contributed by atoms with Crippen molar-refractivity contribution in [2.45, 2.75) is 32.4 Å². The molecule has 1 aliphatic rings. The van der Waals surface area contributed by atoms with E-state index >= 15 is 0 Å². The Hall–Kier alpha value is -2.31. The lowest BCUT2D eigenvalue weighted by Crippen LogP contribution is -2.36. The second-order valence-corrected chi connectivity index (χ2v) is 5.00. The molecule has 0 bridgehead atoms. The van der Waals surface area contributed by atoms with E-state index < -0.39 is 18.3 Å². The molecule has 0 unspecified atom stereocenters. The smallest absolute Gasteiger partial charge is 0.410 e. The molecule has 1 aliphatic heterocycles. The van der Waals surface area contributed by atoms with Gasteiger partial charge in [0.15, 0.2) is 5.78 Å². The fourth-order valence-electron chi connectivity index (χ4n) is 2.11. The van der Waals surface area contributed by atoms with E-state index in [0.29, 0.717) is 12.0 Å². The topological polar surface area (TPSA) is 84.9 Å². The molecule has 1 N–H and O–H groups in total. The monoisotopic (exact) mass is 310 g/mol. The molecule has 7 heteroatoms. The third-order valence-electron chi connectivity index (χ3n) is 3.34. The molecule has 7 nitrogen and oxygen atoms in total. The largest absolute Gasteiger partial charge is 0.445 e. The summed E-state index contributed by atoms with van der Waals surface area (Å²) in [7, 11) is 1.46. The van der Waals surface area contributed by atoms with E-state index in [-0.39, 0.29) is 25.0 Å². The third kappa shape index (κ3) is 4.91. The SMILES string of the molecule is C=CCOC(=O)N1C[C@H](OC(=O)NC)C[C@H]1C=C(C)C(C)=O. The molecule has 0 aliphatic carbocycles. The molecular formula is C15H22N2O5. The second-order valence-electron chi connectivity index (χ2n) is 5.00. The predicted molar refractivity (Wildman–Crippen MR) is 80.4 cm³/mol. The van der Waals surface area contributed by atoms with Gasteiger partial charge in [0, 0.05) is 13.5 Å². The van der Waals surface area contributed by atoms with Crippen molar-refractivity contribution in [1.29, 1.82) is 0 Å². The van der Waals surface area contributed by atoms with Gasteiger partial charge < -0.3 is 14.8 Å². The summed E-state index contributed by atoms with van der Waals surface area (Å²) < 4.78 is 10.2. The molecule has 0 spiro atoms. The molecule has 0 aromatic carbocycles. The van der Waals surface area contributed by atoms with Crippen LogP contribution in [0.4, 0.5) is 9.59 Å². The van der Waals surface area contributed by atoms with Crippen LogP contribution in [0.15, 0.2) is 24.3 Å². The molecule has 122 valence electrons. The molecule has 0 aromatic rings. The maximum atomic E-state index is 12.1. The van der Waals surface area contributed by atoms with Gasteiger partial charge in [0.2, 0.25) is 0 Å². The van der Waals surface area contributed by atoms with E-state index in [2.05, 4.69) is 11.9 Å². The Kier molecular flexibility index (Phi) is 6.62. The van der Waals surface area contributed by atoms with Gasteiger partial charge in [0.05, 0.1) is 12.6 Å². The molecule has 1 rings (SSSR count). The van der Waals surface area contributed by atoms with E-state index in [9.17, 15) is 14.4 Å². The summed E-state index contributed by atoms with van der Waals surface area (Å²) in [6.07, 6.45) is 2.06. The minimum absolute atomic E-state index is 0.0740. The number of carbonyl (C=O) groups is 3. The van der Waals surface area contributed by atoms with Crippen LogP contribution in [0.1, 0.15) is 20.3 Å². The summed E-state index contributed by atoms with van der Waals surface area (Å²) in [6, 6.07) is -0.351. The fourth-order valence-corrected chi connectivity index (χ4v) is 2.11. The third-order valence-corrected chi connectivity index (χ3v) is 3.34. The van der Waals surface area contributed by atoms with Crippen LogP contribution < -0.4 is 5.32 Å². The lowest BCUT2D eigenvalue weighted by atomic mass is 10.1. The number of hydrogen-bond acceptors (Lipinski definition) is 5. The number of allylic oxidation sites excluding steroid dienone is 1. The quantitative estimate of drug-likeness (QED) is 0.616. The Morgan fingerprint density at radius 3 is 2.59 bits per heavy atom. The summed E-state index contributed by atoms with van der Waals surface area (Å²) in [4.78, 5) is 36.2. The molecule has 1 fully saturated rings. The molecule has 2 amide bonds. The van der Waals surface area contributed by atoms with Crippen molar-refractivity contribution in [3.8, 4) is 0 Å². The number of carbonyl (C=O) groups excluding carboxylic acids is 3. The highest BCUT2D eigenvalue weighted by Gasteiger charge is 2.37. The number of Topliss-reactive ketones (excluding diaryl/α,β-unsaturated/α-hetero) is 1. The molecule has 0 saturated carbocycles. The Bertz CT molecular complexity index is 486. The Balaban J connectivity index is 2.85. The average Bonchev–Trinajstić information content (AvgIpc) is 2.86. The first-order valence-electron chi connectivity index (χ1n) is 7.01. The van der Waals surface area contributed by atoms with E-state index in [4.69, 9.17) is 9.47 Å². The van der Waals surface area contributed by atoms with Gasteiger partial charge in [0.25, 0.3) is 0 Å². The van der Waals surface area contributed by atoms with Crippen LogP contribution in [0, 0.1) is 0 Å². The number of likely N-dealkylation sites (tertiary alicyclic amines) is 1. The molecule has 1 heterocycles. The number of nitrogens with one attached hydrogen (secondary N) is 1. The molecule has 0 aromatic heterocycles. The molecule has 1 saturated heterocycles. The van der Waals surface area contributed by atoms with Gasteiger partial charge >= 0.3 is 12.2 Å². The van der Waals surface area contributed by atoms with Crippen LogP contribution in [0.25, 0.3) is 0 Å². The van der Waals surface area contributed by atoms with Crippen LogP contribution in [-0.4, -0.2) is 55.2 Å². The summed E-state index contributed by atoms with van der Waals surface area (Å²) in [5.41, 5.74) is 0.548. The fraction of sp³-hybridized carbons (Fsp3) is 0.533. The van der Waals surface area contributed by atoms with Crippen LogP contribution >= 0.6 is 0 Å². The number of hydrogen-bond donors (Lipinski definition) is 1. The van der Waals surface area contributed by atoms with E-state index in [1.165, 1.54) is 24.9 Å². The maximum absolute atomic E-state index is 12.1. The number of nitrogens with zero attached hydrogens (tertiary/aromatic N) is 1. The zero-order chi connectivity index (χ0) is 16.7. The predicted octanol–water partition coefficient (Wildman–Crippen LogP) is 1.64. The van der Waals surface area contributed by atoms with Crippen molar-refractivity contribution in [2.75, 3.05) is 20.2 Å². The van der Waals surface area contributed by atoms with Crippen molar-refractivity contribution in [3.05, 3.63) is 24.3 Å². The van der Waals surface area contributed by atoms with Gasteiger partial charge in [-0.05, 0) is 19.4 Å². The summed E-state index contributed by atoms with van der Waals surface area (Å²) >= 11 is 0. The minimum atomic E-state index is -0.558. The van der Waals surface area contributed by atoms with E-state index in [0.717, 1.165) is 0 Å². The summed E-state index contributed by atoms with van der Waals surface area (Å²) in [5.74, 6) is -0.0740. The van der Waals surface area contributed by atoms with Gasteiger partial charge in [-0.2, -0.15) is 0 Å². The first-order valence-corrected chi connectivity index (χ1v) is 7.01. The van der Waals surface area contributed by atoms with Crippen molar-refractivity contribution >= 4 is 18.0 Å². The molecule has 22 heavy (non-hydrogen) atoms. The number of rotatable bonds is 5. The van der Waals surface area contributed by atoms with Crippen LogP contribution in [-0.2, 0) is 14.3 Å². The second kappa shape index (κ2) is 8.21. The maximum Gasteiger partial charge on any atom is 0.410 e. The van der Waals surface area contributed by atoms with Gasteiger partial charge in [-0.3, -0.25) is 9.69 Å². The summed E-state index contributed by atoms with van der Waals surface area (Å²) in [6.45, 7) is 6.94. The Labute approximate surface area is 129 Å². The van der Waals surface area contributed by atoms with Gasteiger partial charge in [-0.25, -0.2) is 9.59 Å². The number of alkyl carbamates (subject to hydrolysis) is 1. The highest BCUT2D eigenvalue weighted by Crippen LogP contribution is 2.23. The van der Waals surface area contributed by atoms with Crippen molar-refractivity contribution in [2.24, 2.45) is 0 Å². The van der Waals surface area contributed by atoms with Crippen LogP contribution in [0.2, 0.25) is 0 Å². The normalized spacial score (nSPS) is 21.2. The molecule has 0 radical (unpaired) electrons. The standard InChI is InChI=1S/C15H22N2O5/c1-5-6-21-15(20)17-9-13(22-14(19)16-4)8-12(17)7-10(2)11(3)18/h5,7,12-13H,1,6,8-9H2,2-4H3,(H,16,19)/t12-,13-/m1/s1. The number of ether oxygens (including phenoxy) is 2. The average molecular weight is 310 g/mol. The summed E-state index contributed by atoms with van der Waals surface area (Å²) in [5, 5.41) is 2.37.